The number of carbonyl (C=O) groups excluding carboxylic acids is 2. The monoisotopic (exact) mass is 488 g/mol. The van der Waals surface area contributed by atoms with Crippen LogP contribution in [-0.2, 0) is 17.6 Å². The first-order chi connectivity index (χ1) is 17.2. The molecule has 0 saturated carbocycles. The molecule has 0 saturated heterocycles. The van der Waals surface area contributed by atoms with Gasteiger partial charge in [-0.1, -0.05) is 38.1 Å². The number of furan rings is 1. The van der Waals surface area contributed by atoms with Gasteiger partial charge in [0.25, 0.3) is 11.6 Å². The summed E-state index contributed by atoms with van der Waals surface area (Å²) in [5.41, 5.74) is 7.17. The smallest absolute Gasteiger partial charge is 0.291 e. The Kier molecular flexibility index (Phi) is 7.28. The molecule has 1 aromatic heterocycles. The molecule has 36 heavy (non-hydrogen) atoms. The van der Waals surface area contributed by atoms with E-state index in [0.29, 0.717) is 47.0 Å². The standard InChI is InChI=1S/C27H28N4O5/c1-16(2)19-9-11-20(12-10-19)28-27(33)26-17(3)25-22(5-4-6-23(25)36-26)29-30-24(32)15-18-7-13-21(14-8-18)31(34)35/h7-14,16H,4-6,15H2,1-3H3,(H,28,33)(H,30,32)/b29-22+. The van der Waals surface area contributed by atoms with E-state index in [1.54, 1.807) is 12.1 Å². The molecule has 0 fully saturated rings. The zero-order valence-corrected chi connectivity index (χ0v) is 20.5. The molecule has 2 amide bonds. The highest BCUT2D eigenvalue weighted by atomic mass is 16.6. The summed E-state index contributed by atoms with van der Waals surface area (Å²) < 4.78 is 5.94. The van der Waals surface area contributed by atoms with Crippen LogP contribution in [0, 0.1) is 17.0 Å². The molecule has 0 bridgehead atoms. The molecule has 1 aliphatic rings. The van der Waals surface area contributed by atoms with Crippen LogP contribution in [-0.4, -0.2) is 22.4 Å². The van der Waals surface area contributed by atoms with Crippen LogP contribution in [0.3, 0.4) is 0 Å². The number of hydrazone groups is 1. The molecule has 1 aliphatic carbocycles. The van der Waals surface area contributed by atoms with Crippen molar-refractivity contribution in [3.8, 4) is 0 Å². The largest absolute Gasteiger partial charge is 0.455 e. The summed E-state index contributed by atoms with van der Waals surface area (Å²) in [5.74, 6) is 0.650. The lowest BCUT2D eigenvalue weighted by Crippen LogP contribution is -2.23. The third-order valence-corrected chi connectivity index (χ3v) is 6.19. The predicted octanol–water partition coefficient (Wildman–Crippen LogP) is 5.27. The Bertz CT molecular complexity index is 1320. The van der Waals surface area contributed by atoms with E-state index in [4.69, 9.17) is 4.42 Å². The number of aryl methyl sites for hydroxylation is 1. The zero-order valence-electron chi connectivity index (χ0n) is 20.5. The van der Waals surface area contributed by atoms with Gasteiger partial charge in [-0.25, -0.2) is 5.43 Å². The molecule has 9 nitrogen and oxygen atoms in total. The van der Waals surface area contributed by atoms with Crippen LogP contribution in [0.1, 0.15) is 71.2 Å². The van der Waals surface area contributed by atoms with Crippen LogP contribution in [0.2, 0.25) is 0 Å². The number of nitro groups is 1. The Hall–Kier alpha value is -4.27. The highest BCUT2D eigenvalue weighted by Gasteiger charge is 2.28. The van der Waals surface area contributed by atoms with Crippen LogP contribution in [0.25, 0.3) is 0 Å². The first-order valence-electron chi connectivity index (χ1n) is 11.9. The summed E-state index contributed by atoms with van der Waals surface area (Å²) in [5, 5.41) is 18.0. The molecule has 0 spiro atoms. The van der Waals surface area contributed by atoms with E-state index in [9.17, 15) is 19.7 Å². The van der Waals surface area contributed by atoms with E-state index >= 15 is 0 Å². The van der Waals surface area contributed by atoms with Crippen molar-refractivity contribution < 1.29 is 18.9 Å². The number of hydrogen-bond donors (Lipinski definition) is 2. The summed E-state index contributed by atoms with van der Waals surface area (Å²) in [7, 11) is 0. The van der Waals surface area contributed by atoms with Crippen LogP contribution >= 0.6 is 0 Å². The molecule has 0 unspecified atom stereocenters. The van der Waals surface area contributed by atoms with Gasteiger partial charge in [-0.3, -0.25) is 19.7 Å². The summed E-state index contributed by atoms with van der Waals surface area (Å²) in [6, 6.07) is 13.5. The van der Waals surface area contributed by atoms with Crippen LogP contribution in [0.15, 0.2) is 58.0 Å². The Balaban J connectivity index is 1.46. The topological polar surface area (TPSA) is 127 Å². The second kappa shape index (κ2) is 10.6. The van der Waals surface area contributed by atoms with Gasteiger partial charge in [0.1, 0.15) is 5.76 Å². The first-order valence-corrected chi connectivity index (χ1v) is 11.9. The highest BCUT2D eigenvalue weighted by molar-refractivity contribution is 6.09. The number of fused-ring (bicyclic) bond motifs is 1. The third kappa shape index (κ3) is 5.51. The number of hydrogen-bond acceptors (Lipinski definition) is 6. The summed E-state index contributed by atoms with van der Waals surface area (Å²) >= 11 is 0. The van der Waals surface area contributed by atoms with Gasteiger partial charge in [0.15, 0.2) is 5.76 Å². The van der Waals surface area contributed by atoms with Gasteiger partial charge in [-0.05, 0) is 48.9 Å². The zero-order chi connectivity index (χ0) is 25.8. The van der Waals surface area contributed by atoms with Crippen molar-refractivity contribution in [1.82, 2.24) is 5.43 Å². The number of carbonyl (C=O) groups is 2. The predicted molar refractivity (Wildman–Crippen MR) is 136 cm³/mol. The highest BCUT2D eigenvalue weighted by Crippen LogP contribution is 2.30. The maximum Gasteiger partial charge on any atom is 0.291 e. The van der Waals surface area contributed by atoms with E-state index in [2.05, 4.69) is 29.7 Å². The van der Waals surface area contributed by atoms with E-state index in [-0.39, 0.29) is 29.7 Å². The number of nitrogens with one attached hydrogen (secondary N) is 2. The van der Waals surface area contributed by atoms with Crippen molar-refractivity contribution in [2.75, 3.05) is 5.32 Å². The van der Waals surface area contributed by atoms with Crippen molar-refractivity contribution in [3.05, 3.63) is 92.4 Å². The minimum absolute atomic E-state index is 0.0306. The molecule has 186 valence electrons. The maximum atomic E-state index is 13.0. The van der Waals surface area contributed by atoms with Crippen LogP contribution in [0.5, 0.6) is 0 Å². The molecule has 2 aromatic carbocycles. The molecule has 2 N–H and O–H groups in total. The molecule has 9 heteroatoms. The molecule has 4 rings (SSSR count). The Morgan fingerprint density at radius 2 is 1.78 bits per heavy atom. The maximum absolute atomic E-state index is 13.0. The Labute approximate surface area is 208 Å². The van der Waals surface area contributed by atoms with Crippen LogP contribution < -0.4 is 10.7 Å². The van der Waals surface area contributed by atoms with Crippen molar-refractivity contribution in [2.24, 2.45) is 5.10 Å². The molecule has 0 aliphatic heterocycles. The Morgan fingerprint density at radius 1 is 1.08 bits per heavy atom. The van der Waals surface area contributed by atoms with Gasteiger partial charge in [-0.15, -0.1) is 0 Å². The van der Waals surface area contributed by atoms with Gasteiger partial charge in [0.05, 0.1) is 17.1 Å². The minimum Gasteiger partial charge on any atom is -0.455 e. The lowest BCUT2D eigenvalue weighted by Gasteiger charge is -2.13. The van der Waals surface area contributed by atoms with Crippen molar-refractivity contribution >= 4 is 28.9 Å². The SMILES string of the molecule is Cc1c(C(=O)Nc2ccc(C(C)C)cc2)oc2c1/C(=N/NC(=O)Cc1ccc([N+](=O)[O-])cc1)CCC2. The molecule has 0 atom stereocenters. The number of benzene rings is 2. The van der Waals surface area contributed by atoms with Gasteiger partial charge in [0.2, 0.25) is 5.91 Å². The van der Waals surface area contributed by atoms with Crippen molar-refractivity contribution in [3.63, 3.8) is 0 Å². The molecular formula is C27H28N4O5. The normalized spacial score (nSPS) is 13.9. The second-order valence-corrected chi connectivity index (χ2v) is 9.13. The number of rotatable bonds is 7. The van der Waals surface area contributed by atoms with Gasteiger partial charge < -0.3 is 9.73 Å². The van der Waals surface area contributed by atoms with E-state index in [0.717, 1.165) is 12.0 Å². The van der Waals surface area contributed by atoms with E-state index in [1.807, 2.05) is 31.2 Å². The third-order valence-electron chi connectivity index (χ3n) is 6.19. The van der Waals surface area contributed by atoms with Gasteiger partial charge in [-0.2, -0.15) is 5.10 Å². The van der Waals surface area contributed by atoms with Crippen molar-refractivity contribution in [2.45, 2.75) is 52.4 Å². The first kappa shape index (κ1) is 24.8. The average molecular weight is 489 g/mol. The fourth-order valence-electron chi connectivity index (χ4n) is 4.23. The number of nitro benzene ring substituents is 1. The van der Waals surface area contributed by atoms with Crippen LogP contribution in [0.4, 0.5) is 11.4 Å². The molecular weight excluding hydrogens is 460 g/mol. The van der Waals surface area contributed by atoms with E-state index < -0.39 is 4.92 Å². The fourth-order valence-corrected chi connectivity index (χ4v) is 4.23. The lowest BCUT2D eigenvalue weighted by molar-refractivity contribution is -0.384. The second-order valence-electron chi connectivity index (χ2n) is 9.13. The van der Waals surface area contributed by atoms with Gasteiger partial charge in [0, 0.05) is 35.4 Å². The molecule has 0 radical (unpaired) electrons. The van der Waals surface area contributed by atoms with Gasteiger partial charge >= 0.3 is 0 Å². The summed E-state index contributed by atoms with van der Waals surface area (Å²) in [6.07, 6.45) is 2.15. The average Bonchev–Trinajstić information content (AvgIpc) is 3.20. The fraction of sp³-hybridized carbons (Fsp3) is 0.296. The number of amides is 2. The van der Waals surface area contributed by atoms with Crippen molar-refractivity contribution in [1.29, 1.82) is 0 Å². The quantitative estimate of drug-likeness (QED) is 0.346. The van der Waals surface area contributed by atoms with E-state index in [1.165, 1.54) is 17.7 Å². The minimum atomic E-state index is -0.485. The Morgan fingerprint density at radius 3 is 2.42 bits per heavy atom. The number of nitrogens with zero attached hydrogens (tertiary/aromatic N) is 2. The molecule has 3 aromatic rings. The lowest BCUT2D eigenvalue weighted by atomic mass is 9.93. The summed E-state index contributed by atoms with van der Waals surface area (Å²) in [6.45, 7) is 6.04. The molecule has 1 heterocycles. The number of anilines is 1. The summed E-state index contributed by atoms with van der Waals surface area (Å²) in [4.78, 5) is 35.7. The number of non-ortho nitro benzene ring substituents is 1.